The van der Waals surface area contributed by atoms with Crippen LogP contribution < -0.4 is 0 Å². The van der Waals surface area contributed by atoms with Crippen LogP contribution in [0.5, 0.6) is 0 Å². The molecule has 2 unspecified atom stereocenters. The Morgan fingerprint density at radius 2 is 2.33 bits per heavy atom. The second-order valence-corrected chi connectivity index (χ2v) is 3.35. The lowest BCUT2D eigenvalue weighted by Gasteiger charge is -2.25. The summed E-state index contributed by atoms with van der Waals surface area (Å²) < 4.78 is 5.23. The third-order valence-corrected chi connectivity index (χ3v) is 2.30. The molecule has 0 spiro atoms. The van der Waals surface area contributed by atoms with Crippen molar-refractivity contribution in [1.29, 1.82) is 0 Å². The highest BCUT2D eigenvalue weighted by molar-refractivity contribution is 5.09. The summed E-state index contributed by atoms with van der Waals surface area (Å²) in [4.78, 5) is 0. The first-order valence-electron chi connectivity index (χ1n) is 4.78. The Kier molecular flexibility index (Phi) is 3.76. The van der Waals surface area contributed by atoms with Gasteiger partial charge in [-0.3, -0.25) is 0 Å². The van der Waals surface area contributed by atoms with Gasteiger partial charge in [0.2, 0.25) is 0 Å². The van der Waals surface area contributed by atoms with E-state index in [1.165, 1.54) is 0 Å². The minimum absolute atomic E-state index is 0.509. The maximum atomic E-state index is 9.42. The minimum Gasteiger partial charge on any atom is -0.364 e. The Morgan fingerprint density at radius 3 is 2.92 bits per heavy atom. The first kappa shape index (κ1) is 9.75. The van der Waals surface area contributed by atoms with Crippen molar-refractivity contribution in [2.75, 3.05) is 6.61 Å². The molecule has 2 nitrogen and oxygen atoms in total. The van der Waals surface area contributed by atoms with Crippen molar-refractivity contribution in [1.82, 2.24) is 0 Å². The van der Waals surface area contributed by atoms with E-state index in [-0.39, 0.29) is 0 Å². The molecule has 0 aliphatic carbocycles. The molecule has 0 aromatic heterocycles. The summed E-state index contributed by atoms with van der Waals surface area (Å²) in [5.74, 6) is 0.509. The maximum Gasteiger partial charge on any atom is 0.177 e. The lowest BCUT2D eigenvalue weighted by Crippen LogP contribution is -2.25. The van der Waals surface area contributed by atoms with Crippen LogP contribution >= 0.6 is 0 Å². The largest absolute Gasteiger partial charge is 0.364 e. The quantitative estimate of drug-likeness (QED) is 0.657. The first-order valence-corrected chi connectivity index (χ1v) is 4.78. The Balaban J connectivity index is 2.57. The molecule has 12 heavy (non-hydrogen) atoms. The second kappa shape index (κ2) is 4.63. The number of ether oxygens (including phenoxy) is 1. The van der Waals surface area contributed by atoms with Gasteiger partial charge in [0, 0.05) is 5.92 Å². The van der Waals surface area contributed by atoms with Crippen LogP contribution in [0.4, 0.5) is 0 Å². The Hall–Kier alpha value is -0.340. The van der Waals surface area contributed by atoms with Crippen LogP contribution in [0.1, 0.15) is 33.1 Å². The molecule has 1 N–H and O–H groups in total. The molecule has 0 saturated heterocycles. The van der Waals surface area contributed by atoms with Crippen molar-refractivity contribution in [3.63, 3.8) is 0 Å². The van der Waals surface area contributed by atoms with Crippen molar-refractivity contribution in [3.05, 3.63) is 11.6 Å². The highest BCUT2D eigenvalue weighted by atomic mass is 16.6. The summed E-state index contributed by atoms with van der Waals surface area (Å²) in [5.41, 5.74) is 1.07. The van der Waals surface area contributed by atoms with E-state index in [4.69, 9.17) is 4.74 Å². The Labute approximate surface area is 74.2 Å². The van der Waals surface area contributed by atoms with Gasteiger partial charge in [-0.05, 0) is 18.4 Å². The van der Waals surface area contributed by atoms with Crippen molar-refractivity contribution in [3.8, 4) is 0 Å². The van der Waals surface area contributed by atoms with E-state index < -0.39 is 6.29 Å². The number of aliphatic hydroxyl groups excluding tert-OH is 1. The molecular weight excluding hydrogens is 152 g/mol. The molecule has 0 fully saturated rings. The van der Waals surface area contributed by atoms with Crippen LogP contribution in [-0.2, 0) is 4.74 Å². The molecule has 1 rings (SSSR count). The van der Waals surface area contributed by atoms with Crippen LogP contribution in [0, 0.1) is 5.92 Å². The summed E-state index contributed by atoms with van der Waals surface area (Å²) in [6, 6.07) is 0. The molecule has 1 aliphatic heterocycles. The van der Waals surface area contributed by atoms with Crippen molar-refractivity contribution in [2.24, 2.45) is 5.92 Å². The van der Waals surface area contributed by atoms with Gasteiger partial charge >= 0.3 is 0 Å². The fourth-order valence-corrected chi connectivity index (χ4v) is 1.49. The van der Waals surface area contributed by atoms with E-state index in [0.29, 0.717) is 12.5 Å². The van der Waals surface area contributed by atoms with E-state index in [1.807, 2.05) is 0 Å². The third kappa shape index (κ3) is 2.32. The zero-order chi connectivity index (χ0) is 8.97. The molecule has 0 radical (unpaired) electrons. The Bertz CT molecular complexity index is 163. The fourth-order valence-electron chi connectivity index (χ4n) is 1.49. The summed E-state index contributed by atoms with van der Waals surface area (Å²) in [7, 11) is 0. The number of hydrogen-bond donors (Lipinski definition) is 1. The maximum absolute atomic E-state index is 9.42. The molecular formula is C10H18O2. The number of hydrogen-bond acceptors (Lipinski definition) is 2. The fraction of sp³-hybridized carbons (Fsp3) is 0.800. The molecule has 0 aromatic carbocycles. The summed E-state index contributed by atoms with van der Waals surface area (Å²) in [5, 5.41) is 9.42. The molecule has 0 amide bonds. The van der Waals surface area contributed by atoms with Gasteiger partial charge in [-0.2, -0.15) is 0 Å². The minimum atomic E-state index is -0.632. The highest BCUT2D eigenvalue weighted by Crippen LogP contribution is 2.22. The van der Waals surface area contributed by atoms with Crippen LogP contribution in [-0.4, -0.2) is 18.0 Å². The van der Waals surface area contributed by atoms with Gasteiger partial charge in [0.05, 0.1) is 6.61 Å². The van der Waals surface area contributed by atoms with E-state index >= 15 is 0 Å². The smallest absolute Gasteiger partial charge is 0.177 e. The molecule has 70 valence electrons. The van der Waals surface area contributed by atoms with Crippen molar-refractivity contribution in [2.45, 2.75) is 39.4 Å². The predicted molar refractivity (Wildman–Crippen MR) is 48.7 cm³/mol. The average Bonchev–Trinajstić information content (AvgIpc) is 2.09. The first-order chi connectivity index (χ1) is 5.77. The summed E-state index contributed by atoms with van der Waals surface area (Å²) >= 11 is 0. The number of rotatable bonds is 3. The zero-order valence-corrected chi connectivity index (χ0v) is 7.92. The third-order valence-electron chi connectivity index (χ3n) is 2.30. The summed E-state index contributed by atoms with van der Waals surface area (Å²) in [6.45, 7) is 4.93. The van der Waals surface area contributed by atoms with E-state index in [2.05, 4.69) is 19.9 Å². The SMILES string of the molecule is CCCC1=CC(CC)COC1O. The number of aliphatic hydroxyl groups is 1. The predicted octanol–water partition coefficient (Wildman–Crippen LogP) is 2.09. The van der Waals surface area contributed by atoms with Gasteiger partial charge in [0.1, 0.15) is 0 Å². The standard InChI is InChI=1S/C10H18O2/c1-3-5-9-6-8(4-2)7-12-10(9)11/h6,8,10-11H,3-5,7H2,1-2H3. The zero-order valence-electron chi connectivity index (χ0n) is 7.92. The lowest BCUT2D eigenvalue weighted by atomic mass is 9.98. The van der Waals surface area contributed by atoms with E-state index in [9.17, 15) is 5.11 Å². The van der Waals surface area contributed by atoms with Gasteiger partial charge in [-0.15, -0.1) is 0 Å². The molecule has 0 aromatic rings. The molecule has 2 atom stereocenters. The van der Waals surface area contributed by atoms with Gasteiger partial charge in [0.25, 0.3) is 0 Å². The van der Waals surface area contributed by atoms with E-state index in [1.54, 1.807) is 0 Å². The Morgan fingerprint density at radius 1 is 1.58 bits per heavy atom. The van der Waals surface area contributed by atoms with Crippen molar-refractivity contribution < 1.29 is 9.84 Å². The highest BCUT2D eigenvalue weighted by Gasteiger charge is 2.19. The monoisotopic (exact) mass is 170 g/mol. The van der Waals surface area contributed by atoms with Gasteiger partial charge < -0.3 is 9.84 Å². The van der Waals surface area contributed by atoms with Gasteiger partial charge in [-0.25, -0.2) is 0 Å². The molecule has 0 bridgehead atoms. The molecule has 1 aliphatic rings. The van der Waals surface area contributed by atoms with E-state index in [0.717, 1.165) is 24.8 Å². The molecule has 2 heteroatoms. The average molecular weight is 170 g/mol. The normalized spacial score (nSPS) is 30.1. The van der Waals surface area contributed by atoms with Crippen LogP contribution in [0.2, 0.25) is 0 Å². The lowest BCUT2D eigenvalue weighted by molar-refractivity contribution is -0.0914. The summed E-state index contributed by atoms with van der Waals surface area (Å²) in [6.07, 6.45) is 4.67. The van der Waals surface area contributed by atoms with Crippen LogP contribution in [0.3, 0.4) is 0 Å². The topological polar surface area (TPSA) is 29.5 Å². The second-order valence-electron chi connectivity index (χ2n) is 3.35. The molecule has 1 heterocycles. The van der Waals surface area contributed by atoms with Gasteiger partial charge in [0.15, 0.2) is 6.29 Å². The van der Waals surface area contributed by atoms with Crippen LogP contribution in [0.25, 0.3) is 0 Å². The van der Waals surface area contributed by atoms with Gasteiger partial charge in [-0.1, -0.05) is 26.3 Å². The van der Waals surface area contributed by atoms with Crippen LogP contribution in [0.15, 0.2) is 11.6 Å². The van der Waals surface area contributed by atoms with Crippen molar-refractivity contribution >= 4 is 0 Å². The molecule has 0 saturated carbocycles.